The minimum Gasteiger partial charge on any atom is -0.260 e. The minimum absolute atomic E-state index is 0.0445. The normalized spacial score (nSPS) is 9.20. The summed E-state index contributed by atoms with van der Waals surface area (Å²) in [5.74, 6) is 0. The van der Waals surface area contributed by atoms with E-state index in [-0.39, 0.29) is 4.90 Å². The van der Waals surface area contributed by atoms with E-state index < -0.39 is 10.0 Å². The highest BCUT2D eigenvalue weighted by atomic mass is 32.2. The molecule has 5 heteroatoms. The molecule has 0 bridgehead atoms. The second kappa shape index (κ2) is 8.38. The van der Waals surface area contributed by atoms with Crippen molar-refractivity contribution >= 4 is 10.0 Å². The predicted octanol–water partition coefficient (Wildman–Crippen LogP) is 2.09. The fourth-order valence-electron chi connectivity index (χ4n) is 0.623. The van der Waals surface area contributed by atoms with Gasteiger partial charge < -0.3 is 0 Å². The number of aromatic nitrogens is 1. The topological polar surface area (TPSA) is 73.1 Å². The van der Waals surface area contributed by atoms with Crippen LogP contribution in [-0.2, 0) is 10.0 Å². The zero-order valence-electron chi connectivity index (χ0n) is 9.98. The first kappa shape index (κ1) is 16.5. The van der Waals surface area contributed by atoms with Crippen molar-refractivity contribution in [3.63, 3.8) is 0 Å². The molecule has 88 valence electrons. The van der Waals surface area contributed by atoms with Crippen molar-refractivity contribution in [1.29, 1.82) is 0 Å². The van der Waals surface area contributed by atoms with E-state index in [2.05, 4.69) is 4.98 Å². The van der Waals surface area contributed by atoms with Gasteiger partial charge in [0.2, 0.25) is 10.0 Å². The first-order chi connectivity index (χ1) is 7.00. The van der Waals surface area contributed by atoms with Gasteiger partial charge in [-0.25, -0.2) is 13.6 Å². The first-order valence-electron chi connectivity index (χ1n) is 4.95. The second-order valence-electron chi connectivity index (χ2n) is 2.18. The number of nitrogens with zero attached hydrogens (tertiary/aromatic N) is 1. The molecule has 1 rings (SSSR count). The Labute approximate surface area is 92.6 Å². The highest BCUT2D eigenvalue weighted by molar-refractivity contribution is 7.89. The molecule has 15 heavy (non-hydrogen) atoms. The molecular formula is C10H20N2O2S. The standard InChI is InChI=1S/C6H8N2O2S.2C2H6/c1-5-2-3-6(4-8-5)11(7,9)10;2*1-2/h2-4H,1H3,(H2,7,9,10);2*1-2H3. The highest BCUT2D eigenvalue weighted by Gasteiger charge is 2.05. The van der Waals surface area contributed by atoms with Gasteiger partial charge in [-0.15, -0.1) is 0 Å². The molecule has 0 saturated carbocycles. The number of pyridine rings is 1. The molecule has 1 aromatic heterocycles. The maximum Gasteiger partial charge on any atom is 0.239 e. The third-order valence-electron chi connectivity index (χ3n) is 1.21. The maximum atomic E-state index is 10.7. The molecule has 2 N–H and O–H groups in total. The Hall–Kier alpha value is -0.940. The summed E-state index contributed by atoms with van der Waals surface area (Å²) in [5, 5.41) is 4.84. The highest BCUT2D eigenvalue weighted by Crippen LogP contribution is 2.03. The molecule has 0 aromatic carbocycles. The second-order valence-corrected chi connectivity index (χ2v) is 3.74. The van der Waals surface area contributed by atoms with Gasteiger partial charge in [0, 0.05) is 11.9 Å². The van der Waals surface area contributed by atoms with Crippen LogP contribution in [0.5, 0.6) is 0 Å². The van der Waals surface area contributed by atoms with E-state index in [9.17, 15) is 8.42 Å². The molecule has 0 radical (unpaired) electrons. The average molecular weight is 232 g/mol. The molecule has 0 saturated heterocycles. The molecule has 0 fully saturated rings. The summed E-state index contributed by atoms with van der Waals surface area (Å²) in [4.78, 5) is 3.83. The van der Waals surface area contributed by atoms with Gasteiger partial charge in [-0.3, -0.25) is 4.98 Å². The number of aryl methyl sites for hydroxylation is 1. The smallest absolute Gasteiger partial charge is 0.239 e. The molecule has 1 heterocycles. The first-order valence-corrected chi connectivity index (χ1v) is 6.50. The SMILES string of the molecule is CC.CC.Cc1ccc(S(N)(=O)=O)cn1. The Balaban J connectivity index is 0. The monoisotopic (exact) mass is 232 g/mol. The van der Waals surface area contributed by atoms with E-state index in [1.54, 1.807) is 13.0 Å². The minimum atomic E-state index is -3.58. The van der Waals surface area contributed by atoms with Gasteiger partial charge in [-0.2, -0.15) is 0 Å². The van der Waals surface area contributed by atoms with Crippen LogP contribution in [0.2, 0.25) is 0 Å². The van der Waals surface area contributed by atoms with Gasteiger partial charge in [-0.05, 0) is 19.1 Å². The van der Waals surface area contributed by atoms with Crippen molar-refractivity contribution < 1.29 is 8.42 Å². The Morgan fingerprint density at radius 2 is 1.60 bits per heavy atom. The number of primary sulfonamides is 1. The molecule has 0 amide bonds. The van der Waals surface area contributed by atoms with Crippen molar-refractivity contribution in [3.05, 3.63) is 24.0 Å². The van der Waals surface area contributed by atoms with Crippen LogP contribution in [0.1, 0.15) is 33.4 Å². The Morgan fingerprint density at radius 1 is 1.13 bits per heavy atom. The number of hydrogen-bond donors (Lipinski definition) is 1. The van der Waals surface area contributed by atoms with E-state index >= 15 is 0 Å². The van der Waals surface area contributed by atoms with Gasteiger partial charge in [0.1, 0.15) is 4.90 Å². The van der Waals surface area contributed by atoms with Crippen LogP contribution in [0, 0.1) is 6.92 Å². The van der Waals surface area contributed by atoms with Crippen LogP contribution in [0.25, 0.3) is 0 Å². The van der Waals surface area contributed by atoms with Gasteiger partial charge in [0.25, 0.3) is 0 Å². The molecule has 0 aliphatic rings. The molecule has 0 atom stereocenters. The van der Waals surface area contributed by atoms with Gasteiger partial charge in [0.05, 0.1) is 0 Å². The molecule has 4 nitrogen and oxygen atoms in total. The van der Waals surface area contributed by atoms with Crippen LogP contribution in [-0.4, -0.2) is 13.4 Å². The lowest BCUT2D eigenvalue weighted by atomic mass is 10.4. The van der Waals surface area contributed by atoms with Crippen molar-refractivity contribution in [2.24, 2.45) is 5.14 Å². The molecule has 0 aliphatic carbocycles. The average Bonchev–Trinajstić information content (AvgIpc) is 2.23. The fourth-order valence-corrected chi connectivity index (χ4v) is 1.08. The Bertz CT molecular complexity index is 344. The van der Waals surface area contributed by atoms with Crippen molar-refractivity contribution in [2.45, 2.75) is 39.5 Å². The maximum absolute atomic E-state index is 10.7. The lowest BCUT2D eigenvalue weighted by molar-refractivity contribution is 0.597. The van der Waals surface area contributed by atoms with Crippen LogP contribution < -0.4 is 5.14 Å². The van der Waals surface area contributed by atoms with E-state index in [1.165, 1.54) is 12.3 Å². The number of hydrogen-bond acceptors (Lipinski definition) is 3. The largest absolute Gasteiger partial charge is 0.260 e. The van der Waals surface area contributed by atoms with Gasteiger partial charge >= 0.3 is 0 Å². The zero-order valence-corrected chi connectivity index (χ0v) is 10.8. The van der Waals surface area contributed by atoms with Gasteiger partial charge in [0.15, 0.2) is 0 Å². The third-order valence-corrected chi connectivity index (χ3v) is 2.11. The predicted molar refractivity (Wildman–Crippen MR) is 63.0 cm³/mol. The van der Waals surface area contributed by atoms with Crippen molar-refractivity contribution in [1.82, 2.24) is 4.98 Å². The van der Waals surface area contributed by atoms with E-state index in [0.29, 0.717) is 0 Å². The summed E-state index contributed by atoms with van der Waals surface area (Å²) in [5.41, 5.74) is 0.761. The summed E-state index contributed by atoms with van der Waals surface area (Å²) in [6.07, 6.45) is 1.24. The molecule has 0 spiro atoms. The van der Waals surface area contributed by atoms with E-state index in [1.807, 2.05) is 27.7 Å². The van der Waals surface area contributed by atoms with Crippen molar-refractivity contribution in [2.75, 3.05) is 0 Å². The molecular weight excluding hydrogens is 212 g/mol. The van der Waals surface area contributed by atoms with Gasteiger partial charge in [-0.1, -0.05) is 27.7 Å². The molecule has 0 unspecified atom stereocenters. The Morgan fingerprint density at radius 3 is 1.87 bits per heavy atom. The summed E-state index contributed by atoms with van der Waals surface area (Å²) >= 11 is 0. The van der Waals surface area contributed by atoms with Crippen molar-refractivity contribution in [3.8, 4) is 0 Å². The third kappa shape index (κ3) is 7.04. The summed E-state index contributed by atoms with van der Waals surface area (Å²) in [6, 6.07) is 3.03. The summed E-state index contributed by atoms with van der Waals surface area (Å²) < 4.78 is 21.4. The lowest BCUT2D eigenvalue weighted by Gasteiger charge is -1.95. The number of nitrogens with two attached hydrogens (primary N) is 1. The number of rotatable bonds is 1. The quantitative estimate of drug-likeness (QED) is 0.805. The van der Waals surface area contributed by atoms with Crippen LogP contribution in [0.4, 0.5) is 0 Å². The Kier molecular flexibility index (Phi) is 9.21. The molecule has 1 aromatic rings. The fraction of sp³-hybridized carbons (Fsp3) is 0.500. The summed E-state index contributed by atoms with van der Waals surface area (Å²) in [6.45, 7) is 9.77. The van der Waals surface area contributed by atoms with E-state index in [4.69, 9.17) is 5.14 Å². The number of sulfonamides is 1. The zero-order chi connectivity index (χ0) is 12.5. The molecule has 0 aliphatic heterocycles. The van der Waals surface area contributed by atoms with Crippen LogP contribution in [0.15, 0.2) is 23.2 Å². The van der Waals surface area contributed by atoms with Crippen LogP contribution in [0.3, 0.4) is 0 Å². The van der Waals surface area contributed by atoms with E-state index in [0.717, 1.165) is 5.69 Å². The van der Waals surface area contributed by atoms with Crippen LogP contribution >= 0.6 is 0 Å². The summed E-state index contributed by atoms with van der Waals surface area (Å²) in [7, 11) is -3.58. The lowest BCUT2D eigenvalue weighted by Crippen LogP contribution is -2.12.